The molecule has 0 radical (unpaired) electrons. The quantitative estimate of drug-likeness (QED) is 0.757. The minimum atomic E-state index is -0.128. The van der Waals surface area contributed by atoms with Crippen LogP contribution in [0.15, 0.2) is 41.3 Å². The predicted octanol–water partition coefficient (Wildman–Crippen LogP) is 2.10. The number of nitrogens with zero attached hydrogens (tertiary/aromatic N) is 3. The van der Waals surface area contributed by atoms with Crippen molar-refractivity contribution >= 4 is 16.8 Å². The van der Waals surface area contributed by atoms with Crippen LogP contribution in [0.3, 0.4) is 0 Å². The summed E-state index contributed by atoms with van der Waals surface area (Å²) in [5.41, 5.74) is 3.34. The number of H-pyrrole nitrogens is 1. The van der Waals surface area contributed by atoms with Crippen LogP contribution >= 0.6 is 0 Å². The highest BCUT2D eigenvalue weighted by atomic mass is 16.5. The lowest BCUT2D eigenvalue weighted by Gasteiger charge is -2.26. The molecule has 0 spiro atoms. The van der Waals surface area contributed by atoms with Crippen LogP contribution in [0.1, 0.15) is 34.5 Å². The number of hydrogen-bond donors (Lipinski definition) is 1. The number of amides is 1. The SMILES string of the molecule is O=C(c1cccc2[nH]ccc12)N1CCCC1Cn1nc2c(cc1=O)COCC2. The van der Waals surface area contributed by atoms with Gasteiger partial charge in [0.25, 0.3) is 11.5 Å². The molecule has 1 saturated heterocycles. The van der Waals surface area contributed by atoms with Gasteiger partial charge in [0.15, 0.2) is 0 Å². The topological polar surface area (TPSA) is 80.2 Å². The number of aromatic amines is 1. The minimum absolute atomic E-state index is 0.0205. The van der Waals surface area contributed by atoms with Gasteiger partial charge in [0.2, 0.25) is 0 Å². The average molecular weight is 378 g/mol. The van der Waals surface area contributed by atoms with Crippen LogP contribution in [-0.2, 0) is 24.3 Å². The van der Waals surface area contributed by atoms with Crippen molar-refractivity contribution in [2.45, 2.75) is 38.5 Å². The van der Waals surface area contributed by atoms with Gasteiger partial charge in [-0.3, -0.25) is 9.59 Å². The molecule has 1 unspecified atom stereocenters. The molecular weight excluding hydrogens is 356 g/mol. The first-order valence-corrected chi connectivity index (χ1v) is 9.75. The molecule has 1 atom stereocenters. The summed E-state index contributed by atoms with van der Waals surface area (Å²) in [5, 5.41) is 5.50. The van der Waals surface area contributed by atoms with E-state index in [-0.39, 0.29) is 17.5 Å². The fraction of sp³-hybridized carbons (Fsp3) is 0.381. The van der Waals surface area contributed by atoms with Crippen molar-refractivity contribution in [3.63, 3.8) is 0 Å². The fourth-order valence-electron chi connectivity index (χ4n) is 4.30. The number of aromatic nitrogens is 3. The Morgan fingerprint density at radius 2 is 2.25 bits per heavy atom. The zero-order valence-corrected chi connectivity index (χ0v) is 15.6. The first-order chi connectivity index (χ1) is 13.7. The highest BCUT2D eigenvalue weighted by Gasteiger charge is 2.31. The van der Waals surface area contributed by atoms with Gasteiger partial charge in [0.1, 0.15) is 0 Å². The first-order valence-electron chi connectivity index (χ1n) is 9.75. The van der Waals surface area contributed by atoms with Crippen LogP contribution in [0.2, 0.25) is 0 Å². The summed E-state index contributed by atoms with van der Waals surface area (Å²) in [7, 11) is 0. The fourth-order valence-corrected chi connectivity index (χ4v) is 4.30. The molecule has 5 rings (SSSR count). The third-order valence-electron chi connectivity index (χ3n) is 5.75. The van der Waals surface area contributed by atoms with Gasteiger partial charge in [0.05, 0.1) is 31.5 Å². The monoisotopic (exact) mass is 378 g/mol. The maximum atomic E-state index is 13.3. The Balaban J connectivity index is 1.42. The number of carbonyl (C=O) groups excluding carboxylic acids is 1. The highest BCUT2D eigenvalue weighted by molar-refractivity contribution is 6.06. The second-order valence-electron chi connectivity index (χ2n) is 7.48. The maximum absolute atomic E-state index is 13.3. The Hall–Kier alpha value is -2.93. The summed E-state index contributed by atoms with van der Waals surface area (Å²) in [6.45, 7) is 2.22. The normalized spacial score (nSPS) is 19.1. The van der Waals surface area contributed by atoms with Crippen molar-refractivity contribution in [2.75, 3.05) is 13.2 Å². The molecule has 2 aromatic heterocycles. The third kappa shape index (κ3) is 2.92. The number of hydrogen-bond acceptors (Lipinski definition) is 4. The standard InChI is InChI=1S/C21H22N4O3/c26-20-11-14-13-28-10-7-18(14)23-25(20)12-15-3-2-9-24(15)21(27)17-4-1-5-19-16(17)6-8-22-19/h1,4-6,8,11,15,22H,2-3,7,9-10,12-13H2. The molecule has 1 aromatic carbocycles. The van der Waals surface area contributed by atoms with E-state index in [1.165, 1.54) is 4.68 Å². The Morgan fingerprint density at radius 3 is 3.18 bits per heavy atom. The molecule has 3 aromatic rings. The van der Waals surface area contributed by atoms with Gasteiger partial charge >= 0.3 is 0 Å². The van der Waals surface area contributed by atoms with Crippen LogP contribution in [0.5, 0.6) is 0 Å². The zero-order valence-electron chi connectivity index (χ0n) is 15.6. The summed E-state index contributed by atoms with van der Waals surface area (Å²) in [5.74, 6) is 0.0205. The predicted molar refractivity (Wildman–Crippen MR) is 104 cm³/mol. The average Bonchev–Trinajstić information content (AvgIpc) is 3.37. The van der Waals surface area contributed by atoms with Crippen molar-refractivity contribution in [3.8, 4) is 0 Å². The van der Waals surface area contributed by atoms with Crippen molar-refractivity contribution in [1.29, 1.82) is 0 Å². The van der Waals surface area contributed by atoms with E-state index in [0.29, 0.717) is 31.9 Å². The van der Waals surface area contributed by atoms with Gasteiger partial charge in [0, 0.05) is 47.3 Å². The molecule has 1 amide bonds. The smallest absolute Gasteiger partial charge is 0.267 e. The van der Waals surface area contributed by atoms with E-state index in [0.717, 1.165) is 41.4 Å². The third-order valence-corrected chi connectivity index (χ3v) is 5.75. The van der Waals surface area contributed by atoms with Gasteiger partial charge in [-0.2, -0.15) is 5.10 Å². The summed E-state index contributed by atoms with van der Waals surface area (Å²) in [4.78, 5) is 30.8. The summed E-state index contributed by atoms with van der Waals surface area (Å²) in [6.07, 6.45) is 4.39. The van der Waals surface area contributed by atoms with Gasteiger partial charge in [-0.15, -0.1) is 0 Å². The van der Waals surface area contributed by atoms with E-state index >= 15 is 0 Å². The van der Waals surface area contributed by atoms with Gasteiger partial charge in [-0.25, -0.2) is 4.68 Å². The molecule has 7 heteroatoms. The Kier molecular flexibility index (Phi) is 4.24. The highest BCUT2D eigenvalue weighted by Crippen LogP contribution is 2.25. The largest absolute Gasteiger partial charge is 0.376 e. The molecule has 7 nitrogen and oxygen atoms in total. The van der Waals surface area contributed by atoms with Crippen LogP contribution < -0.4 is 5.56 Å². The molecule has 0 saturated carbocycles. The molecular formula is C21H22N4O3. The van der Waals surface area contributed by atoms with Crippen molar-refractivity contribution in [3.05, 3.63) is 63.7 Å². The van der Waals surface area contributed by atoms with Crippen molar-refractivity contribution in [1.82, 2.24) is 19.7 Å². The summed E-state index contributed by atoms with van der Waals surface area (Å²) in [6, 6.07) is 9.28. The lowest BCUT2D eigenvalue weighted by Crippen LogP contribution is -2.41. The Labute approximate surface area is 161 Å². The molecule has 2 aliphatic heterocycles. The van der Waals surface area contributed by atoms with Crippen LogP contribution in [0.4, 0.5) is 0 Å². The number of ether oxygens (including phenoxy) is 1. The number of rotatable bonds is 3. The number of fused-ring (bicyclic) bond motifs is 2. The van der Waals surface area contributed by atoms with Crippen LogP contribution in [0.25, 0.3) is 10.9 Å². The van der Waals surface area contributed by atoms with E-state index in [1.54, 1.807) is 6.07 Å². The first kappa shape index (κ1) is 17.2. The molecule has 0 aliphatic carbocycles. The number of benzene rings is 1. The lowest BCUT2D eigenvalue weighted by atomic mass is 10.1. The number of nitrogens with one attached hydrogen (secondary N) is 1. The van der Waals surface area contributed by atoms with Crippen molar-refractivity contribution < 1.29 is 9.53 Å². The number of carbonyl (C=O) groups is 1. The van der Waals surface area contributed by atoms with Crippen molar-refractivity contribution in [2.24, 2.45) is 0 Å². The molecule has 28 heavy (non-hydrogen) atoms. The van der Waals surface area contributed by atoms with Gasteiger partial charge in [-0.1, -0.05) is 6.07 Å². The molecule has 1 fully saturated rings. The summed E-state index contributed by atoms with van der Waals surface area (Å²) >= 11 is 0. The van der Waals surface area contributed by atoms with E-state index < -0.39 is 0 Å². The van der Waals surface area contributed by atoms with Gasteiger partial charge < -0.3 is 14.6 Å². The van der Waals surface area contributed by atoms with Crippen LogP contribution in [-0.4, -0.2) is 44.8 Å². The van der Waals surface area contributed by atoms with E-state index in [2.05, 4.69) is 10.1 Å². The van der Waals surface area contributed by atoms with Crippen LogP contribution in [0, 0.1) is 0 Å². The maximum Gasteiger partial charge on any atom is 0.267 e. The minimum Gasteiger partial charge on any atom is -0.376 e. The molecule has 1 N–H and O–H groups in total. The molecule has 144 valence electrons. The molecule has 0 bridgehead atoms. The summed E-state index contributed by atoms with van der Waals surface area (Å²) < 4.78 is 6.93. The Morgan fingerprint density at radius 1 is 1.32 bits per heavy atom. The Bertz CT molecular complexity index is 1100. The second-order valence-corrected chi connectivity index (χ2v) is 7.48. The van der Waals surface area contributed by atoms with E-state index in [1.807, 2.05) is 35.4 Å². The molecule has 2 aliphatic rings. The van der Waals surface area contributed by atoms with E-state index in [4.69, 9.17) is 4.74 Å². The second kappa shape index (κ2) is 6.91. The molecule has 4 heterocycles. The zero-order chi connectivity index (χ0) is 19.1. The van der Waals surface area contributed by atoms with E-state index in [9.17, 15) is 9.59 Å². The lowest BCUT2D eigenvalue weighted by molar-refractivity contribution is 0.0721. The van der Waals surface area contributed by atoms with Gasteiger partial charge in [-0.05, 0) is 31.0 Å². The number of likely N-dealkylation sites (tertiary alicyclic amines) is 1.